The Balaban J connectivity index is 0.000000671. The minimum absolute atomic E-state index is 0.0343. The fraction of sp³-hybridized carbons (Fsp3) is 0.556. The molecule has 1 rings (SSSR count). The zero-order chi connectivity index (χ0) is 10.3. The van der Waals surface area contributed by atoms with E-state index in [2.05, 4.69) is 5.10 Å². The van der Waals surface area contributed by atoms with E-state index >= 15 is 0 Å². The van der Waals surface area contributed by atoms with Crippen molar-refractivity contribution in [2.24, 2.45) is 0 Å². The highest BCUT2D eigenvalue weighted by Crippen LogP contribution is 2.02. The van der Waals surface area contributed by atoms with Crippen molar-refractivity contribution in [1.82, 2.24) is 9.78 Å². The van der Waals surface area contributed by atoms with Crippen molar-refractivity contribution in [1.29, 1.82) is 5.26 Å². The quantitative estimate of drug-likeness (QED) is 0.748. The summed E-state index contributed by atoms with van der Waals surface area (Å²) in [4.78, 5) is 0. The van der Waals surface area contributed by atoms with E-state index in [4.69, 9.17) is 10.4 Å². The summed E-state index contributed by atoms with van der Waals surface area (Å²) in [5, 5.41) is 21.0. The molecule has 13 heavy (non-hydrogen) atoms. The maximum Gasteiger partial charge on any atom is 0.162 e. The zero-order valence-corrected chi connectivity index (χ0v) is 8.23. The average molecular weight is 181 g/mol. The molecule has 1 atom stereocenters. The van der Waals surface area contributed by atoms with Crippen LogP contribution in [0.15, 0.2) is 12.3 Å². The predicted octanol–water partition coefficient (Wildman–Crippen LogP) is 1.33. The van der Waals surface area contributed by atoms with Crippen molar-refractivity contribution in [2.75, 3.05) is 6.61 Å². The van der Waals surface area contributed by atoms with Crippen molar-refractivity contribution in [3.05, 3.63) is 18.0 Å². The zero-order valence-electron chi connectivity index (χ0n) is 8.23. The monoisotopic (exact) mass is 181 g/mol. The van der Waals surface area contributed by atoms with E-state index in [0.717, 1.165) is 0 Å². The fourth-order valence-electron chi connectivity index (χ4n) is 0.727. The van der Waals surface area contributed by atoms with Crippen LogP contribution in [0.25, 0.3) is 0 Å². The van der Waals surface area contributed by atoms with E-state index in [-0.39, 0.29) is 12.6 Å². The number of aliphatic hydroxyl groups is 1. The summed E-state index contributed by atoms with van der Waals surface area (Å²) in [6.07, 6.45) is 1.68. The van der Waals surface area contributed by atoms with Crippen LogP contribution in [0.2, 0.25) is 0 Å². The van der Waals surface area contributed by atoms with Crippen LogP contribution in [0.1, 0.15) is 32.5 Å². The van der Waals surface area contributed by atoms with Gasteiger partial charge in [0.25, 0.3) is 0 Å². The van der Waals surface area contributed by atoms with E-state index < -0.39 is 0 Å². The Morgan fingerprint density at radius 3 is 2.69 bits per heavy atom. The van der Waals surface area contributed by atoms with Gasteiger partial charge in [-0.3, -0.25) is 4.68 Å². The number of aliphatic hydroxyl groups excluding tert-OH is 1. The molecule has 0 spiro atoms. The molecule has 0 aliphatic carbocycles. The van der Waals surface area contributed by atoms with Crippen LogP contribution in [0, 0.1) is 11.3 Å². The van der Waals surface area contributed by atoms with Crippen molar-refractivity contribution in [3.8, 4) is 6.07 Å². The lowest BCUT2D eigenvalue weighted by Gasteiger charge is -2.06. The average Bonchev–Trinajstić information content (AvgIpc) is 2.68. The van der Waals surface area contributed by atoms with Crippen molar-refractivity contribution >= 4 is 0 Å². The smallest absolute Gasteiger partial charge is 0.162 e. The summed E-state index contributed by atoms with van der Waals surface area (Å²) in [5.41, 5.74) is 0.380. The summed E-state index contributed by atoms with van der Waals surface area (Å²) in [6, 6.07) is 3.47. The van der Waals surface area contributed by atoms with Crippen LogP contribution in [-0.2, 0) is 0 Å². The standard InChI is InChI=1S/C7H9N3O.C2H6/c1-6(5-11)10-3-2-7(4-8)9-10;1-2/h2-3,6,11H,5H2,1H3;1-2H3. The molecule has 4 nitrogen and oxygen atoms in total. The summed E-state index contributed by atoms with van der Waals surface area (Å²) in [5.74, 6) is 0. The molecule has 1 heterocycles. The maximum atomic E-state index is 8.73. The third kappa shape index (κ3) is 3.26. The van der Waals surface area contributed by atoms with E-state index in [1.165, 1.54) is 0 Å². The molecule has 0 aromatic carbocycles. The molecule has 0 aliphatic heterocycles. The molecule has 0 amide bonds. The van der Waals surface area contributed by atoms with Crippen LogP contribution >= 0.6 is 0 Å². The first kappa shape index (κ1) is 11.7. The van der Waals surface area contributed by atoms with Crippen molar-refractivity contribution in [2.45, 2.75) is 26.8 Å². The van der Waals surface area contributed by atoms with Crippen molar-refractivity contribution in [3.63, 3.8) is 0 Å². The van der Waals surface area contributed by atoms with Gasteiger partial charge in [-0.25, -0.2) is 0 Å². The largest absolute Gasteiger partial charge is 0.394 e. The van der Waals surface area contributed by atoms with Crippen LogP contribution in [0.4, 0.5) is 0 Å². The SMILES string of the molecule is CC.CC(CO)n1ccc(C#N)n1. The van der Waals surface area contributed by atoms with Gasteiger partial charge in [0.15, 0.2) is 5.69 Å². The number of hydrogen-bond acceptors (Lipinski definition) is 3. The van der Waals surface area contributed by atoms with E-state index in [1.54, 1.807) is 16.9 Å². The molecule has 0 saturated heterocycles. The molecule has 0 fully saturated rings. The van der Waals surface area contributed by atoms with E-state index in [0.29, 0.717) is 5.69 Å². The number of hydrogen-bond donors (Lipinski definition) is 1. The van der Waals surface area contributed by atoms with Gasteiger partial charge >= 0.3 is 0 Å². The third-order valence-corrected chi connectivity index (χ3v) is 1.44. The summed E-state index contributed by atoms with van der Waals surface area (Å²) in [6.45, 7) is 5.86. The molecule has 72 valence electrons. The van der Waals surface area contributed by atoms with Gasteiger partial charge in [0.05, 0.1) is 12.6 Å². The molecule has 0 aliphatic rings. The highest BCUT2D eigenvalue weighted by molar-refractivity contribution is 5.16. The van der Waals surface area contributed by atoms with E-state index in [1.807, 2.05) is 26.8 Å². The van der Waals surface area contributed by atoms with Gasteiger partial charge in [0, 0.05) is 6.20 Å². The summed E-state index contributed by atoms with van der Waals surface area (Å²) in [7, 11) is 0. The minimum Gasteiger partial charge on any atom is -0.394 e. The van der Waals surface area contributed by atoms with Crippen LogP contribution in [0.5, 0.6) is 0 Å². The number of nitriles is 1. The lowest BCUT2D eigenvalue weighted by molar-refractivity contribution is 0.229. The number of aromatic nitrogens is 2. The predicted molar refractivity (Wildman–Crippen MR) is 50.1 cm³/mol. The van der Waals surface area contributed by atoms with E-state index in [9.17, 15) is 0 Å². The first-order chi connectivity index (χ1) is 6.27. The van der Waals surface area contributed by atoms with Gasteiger partial charge in [-0.05, 0) is 13.0 Å². The van der Waals surface area contributed by atoms with Crippen LogP contribution in [-0.4, -0.2) is 21.5 Å². The van der Waals surface area contributed by atoms with Crippen LogP contribution in [0.3, 0.4) is 0 Å². The molecule has 4 heteroatoms. The maximum absolute atomic E-state index is 8.73. The van der Waals surface area contributed by atoms with Gasteiger partial charge < -0.3 is 5.11 Å². The number of rotatable bonds is 2. The second-order valence-corrected chi connectivity index (χ2v) is 2.32. The van der Waals surface area contributed by atoms with Gasteiger partial charge in [0.2, 0.25) is 0 Å². The highest BCUT2D eigenvalue weighted by Gasteiger charge is 2.03. The van der Waals surface area contributed by atoms with Gasteiger partial charge in [-0.1, -0.05) is 13.8 Å². The molecule has 0 radical (unpaired) electrons. The lowest BCUT2D eigenvalue weighted by atomic mass is 10.4. The molecule has 1 aromatic rings. The Labute approximate surface area is 78.4 Å². The Hall–Kier alpha value is -1.34. The molecule has 1 N–H and O–H groups in total. The topological polar surface area (TPSA) is 61.8 Å². The fourth-order valence-corrected chi connectivity index (χ4v) is 0.727. The second kappa shape index (κ2) is 6.21. The molecule has 0 saturated carbocycles. The molecule has 1 aromatic heterocycles. The Morgan fingerprint density at radius 1 is 1.69 bits per heavy atom. The molecule has 0 bridgehead atoms. The second-order valence-electron chi connectivity index (χ2n) is 2.32. The molecular weight excluding hydrogens is 166 g/mol. The molecular formula is C9H15N3O. The first-order valence-corrected chi connectivity index (χ1v) is 4.34. The van der Waals surface area contributed by atoms with Gasteiger partial charge in [0.1, 0.15) is 6.07 Å². The lowest BCUT2D eigenvalue weighted by Crippen LogP contribution is -2.09. The van der Waals surface area contributed by atoms with Gasteiger partial charge in [-0.15, -0.1) is 0 Å². The third-order valence-electron chi connectivity index (χ3n) is 1.44. The van der Waals surface area contributed by atoms with Crippen molar-refractivity contribution < 1.29 is 5.11 Å². The summed E-state index contributed by atoms with van der Waals surface area (Å²) >= 11 is 0. The molecule has 1 unspecified atom stereocenters. The first-order valence-electron chi connectivity index (χ1n) is 4.34. The number of nitrogens with zero attached hydrogens (tertiary/aromatic N) is 3. The van der Waals surface area contributed by atoms with Crippen LogP contribution < -0.4 is 0 Å². The minimum atomic E-state index is -0.0582. The highest BCUT2D eigenvalue weighted by atomic mass is 16.3. The normalized spacial score (nSPS) is 11.0. The van der Waals surface area contributed by atoms with Gasteiger partial charge in [-0.2, -0.15) is 10.4 Å². The Morgan fingerprint density at radius 2 is 2.31 bits per heavy atom. The summed E-state index contributed by atoms with van der Waals surface area (Å²) < 4.78 is 1.57. The Kier molecular flexibility index (Phi) is 5.57. The Bertz CT molecular complexity index is 275.